The van der Waals surface area contributed by atoms with Gasteiger partial charge in [-0.05, 0) is 36.8 Å². The van der Waals surface area contributed by atoms with Crippen LogP contribution < -0.4 is 15.5 Å². The topological polar surface area (TPSA) is 99.7 Å². The summed E-state index contributed by atoms with van der Waals surface area (Å²) in [6, 6.07) is 13.7. The van der Waals surface area contributed by atoms with Crippen molar-refractivity contribution < 1.29 is 13.2 Å². The number of amides is 1. The Morgan fingerprint density at radius 3 is 2.60 bits per heavy atom. The predicted molar refractivity (Wildman–Crippen MR) is 97.2 cm³/mol. The molecule has 0 unspecified atom stereocenters. The smallest absolute Gasteiger partial charge is 0.276 e. The summed E-state index contributed by atoms with van der Waals surface area (Å²) >= 11 is 0. The summed E-state index contributed by atoms with van der Waals surface area (Å²) in [7, 11) is -3.62. The molecule has 3 rings (SSSR count). The van der Waals surface area contributed by atoms with Gasteiger partial charge in [0.2, 0.25) is 10.0 Å². The average Bonchev–Trinajstić information content (AvgIpc) is 2.93. The number of hydrazone groups is 1. The summed E-state index contributed by atoms with van der Waals surface area (Å²) < 4.78 is 27.1. The van der Waals surface area contributed by atoms with Crippen LogP contribution in [0.1, 0.15) is 18.9 Å². The fourth-order valence-corrected chi connectivity index (χ4v) is 3.52. The lowest BCUT2D eigenvalue weighted by molar-refractivity contribution is -0.110. The Labute approximate surface area is 146 Å². The Morgan fingerprint density at radius 1 is 1.12 bits per heavy atom. The van der Waals surface area contributed by atoms with Crippen LogP contribution in [0.25, 0.3) is 0 Å². The second kappa shape index (κ2) is 7.04. The number of para-hydroxylation sites is 1. The minimum absolute atomic E-state index is 0.101. The van der Waals surface area contributed by atoms with Crippen LogP contribution >= 0.6 is 0 Å². The molecule has 1 aliphatic rings. The number of nitrogens with one attached hydrogen (secondary N) is 3. The van der Waals surface area contributed by atoms with E-state index >= 15 is 0 Å². The summed E-state index contributed by atoms with van der Waals surface area (Å²) in [5, 5.41) is 6.82. The molecule has 0 radical (unpaired) electrons. The van der Waals surface area contributed by atoms with Gasteiger partial charge in [-0.25, -0.2) is 13.1 Å². The minimum Gasteiger partial charge on any atom is -0.320 e. The molecule has 1 amide bonds. The second-order valence-corrected chi connectivity index (χ2v) is 7.26. The number of nitrogens with zero attached hydrogens (tertiary/aromatic N) is 1. The van der Waals surface area contributed by atoms with Crippen LogP contribution in [0.5, 0.6) is 0 Å². The Bertz CT molecular complexity index is 924. The quantitative estimate of drug-likeness (QED) is 0.689. The molecule has 0 saturated carbocycles. The predicted octanol–water partition coefficient (Wildman–Crippen LogP) is 2.14. The van der Waals surface area contributed by atoms with Crippen LogP contribution in [0.4, 0.5) is 11.4 Å². The van der Waals surface area contributed by atoms with E-state index in [1.54, 1.807) is 6.07 Å². The van der Waals surface area contributed by atoms with Gasteiger partial charge in [0.1, 0.15) is 0 Å². The summed E-state index contributed by atoms with van der Waals surface area (Å²) in [6.07, 6.45) is 0.692. The first-order valence-corrected chi connectivity index (χ1v) is 9.34. The zero-order chi connectivity index (χ0) is 17.9. The van der Waals surface area contributed by atoms with E-state index in [2.05, 4.69) is 20.6 Å². The number of hydrogen-bond donors (Lipinski definition) is 3. The average molecular weight is 358 g/mol. The highest BCUT2D eigenvalue weighted by atomic mass is 32.2. The number of benzene rings is 2. The number of rotatable bonds is 6. The van der Waals surface area contributed by atoms with Crippen molar-refractivity contribution in [1.82, 2.24) is 4.72 Å². The molecule has 2 aromatic carbocycles. The first kappa shape index (κ1) is 17.1. The molecule has 0 atom stereocenters. The minimum atomic E-state index is -3.62. The number of carbonyl (C=O) groups is 1. The standard InChI is InChI=1S/C17H18N4O3S/c1-2-10-18-25(23,24)13-8-9-15-14(11-13)16(17(22)19-15)21-20-12-6-4-3-5-7-12/h3-9,11,18,20H,2,10H2,1H3,(H,19,21,22). The van der Waals surface area contributed by atoms with E-state index in [9.17, 15) is 13.2 Å². The summed E-state index contributed by atoms with van der Waals surface area (Å²) in [4.78, 5) is 12.2. The molecule has 2 aromatic rings. The first-order chi connectivity index (χ1) is 12.0. The Kier molecular flexibility index (Phi) is 4.82. The van der Waals surface area contributed by atoms with Gasteiger partial charge in [-0.15, -0.1) is 0 Å². The highest BCUT2D eigenvalue weighted by Crippen LogP contribution is 2.26. The van der Waals surface area contributed by atoms with Crippen molar-refractivity contribution in [2.45, 2.75) is 18.2 Å². The molecule has 0 spiro atoms. The first-order valence-electron chi connectivity index (χ1n) is 7.85. The third kappa shape index (κ3) is 3.70. The number of hydrogen-bond acceptors (Lipinski definition) is 5. The van der Waals surface area contributed by atoms with Crippen LogP contribution in [0, 0.1) is 0 Å². The van der Waals surface area contributed by atoms with E-state index in [1.807, 2.05) is 37.3 Å². The molecule has 25 heavy (non-hydrogen) atoms. The fourth-order valence-electron chi connectivity index (χ4n) is 2.36. The maximum absolute atomic E-state index is 12.3. The summed E-state index contributed by atoms with van der Waals surface area (Å²) in [5.74, 6) is -0.380. The molecule has 8 heteroatoms. The van der Waals surface area contributed by atoms with Crippen LogP contribution in [-0.4, -0.2) is 26.6 Å². The lowest BCUT2D eigenvalue weighted by Crippen LogP contribution is -2.24. The van der Waals surface area contributed by atoms with Crippen LogP contribution in [0.2, 0.25) is 0 Å². The van der Waals surface area contributed by atoms with Gasteiger partial charge in [0, 0.05) is 12.1 Å². The largest absolute Gasteiger partial charge is 0.320 e. The molecule has 0 bridgehead atoms. The SMILES string of the molecule is CCCNS(=O)(=O)c1ccc2c(c1)C(=NNc1ccccc1)C(=O)N2. The van der Waals surface area contributed by atoms with E-state index < -0.39 is 10.0 Å². The van der Waals surface area contributed by atoms with Crippen molar-refractivity contribution in [2.75, 3.05) is 17.3 Å². The maximum Gasteiger partial charge on any atom is 0.276 e. The van der Waals surface area contributed by atoms with E-state index in [0.29, 0.717) is 24.2 Å². The highest BCUT2D eigenvalue weighted by molar-refractivity contribution is 7.89. The van der Waals surface area contributed by atoms with Gasteiger partial charge >= 0.3 is 0 Å². The molecule has 1 aliphatic heterocycles. The Morgan fingerprint density at radius 2 is 1.88 bits per heavy atom. The molecule has 0 fully saturated rings. The van der Waals surface area contributed by atoms with Gasteiger partial charge in [-0.2, -0.15) is 5.10 Å². The van der Waals surface area contributed by atoms with Gasteiger partial charge in [0.15, 0.2) is 5.71 Å². The van der Waals surface area contributed by atoms with Gasteiger partial charge in [0.25, 0.3) is 5.91 Å². The second-order valence-electron chi connectivity index (χ2n) is 5.50. The van der Waals surface area contributed by atoms with Crippen molar-refractivity contribution in [3.8, 4) is 0 Å². The van der Waals surface area contributed by atoms with Crippen molar-refractivity contribution >= 4 is 33.0 Å². The van der Waals surface area contributed by atoms with Gasteiger partial charge in [0.05, 0.1) is 16.3 Å². The fraction of sp³-hybridized carbons (Fsp3) is 0.176. The number of carbonyl (C=O) groups excluding carboxylic acids is 1. The Balaban J connectivity index is 1.93. The van der Waals surface area contributed by atoms with Gasteiger partial charge in [-0.3, -0.25) is 10.2 Å². The summed E-state index contributed by atoms with van der Waals surface area (Å²) in [5.41, 5.74) is 4.67. The van der Waals surface area contributed by atoms with Crippen molar-refractivity contribution in [1.29, 1.82) is 0 Å². The number of anilines is 2. The number of fused-ring (bicyclic) bond motifs is 1. The molecule has 0 aliphatic carbocycles. The zero-order valence-electron chi connectivity index (χ0n) is 13.6. The number of sulfonamides is 1. The van der Waals surface area contributed by atoms with Crippen LogP contribution in [0.3, 0.4) is 0 Å². The van der Waals surface area contributed by atoms with Crippen LogP contribution in [0.15, 0.2) is 58.5 Å². The van der Waals surface area contributed by atoms with E-state index in [4.69, 9.17) is 0 Å². The van der Waals surface area contributed by atoms with E-state index in [1.165, 1.54) is 12.1 Å². The molecule has 130 valence electrons. The molecule has 3 N–H and O–H groups in total. The zero-order valence-corrected chi connectivity index (χ0v) is 14.4. The third-order valence-corrected chi connectivity index (χ3v) is 5.09. The molecule has 7 nitrogen and oxygen atoms in total. The Hall–Kier alpha value is -2.71. The molecule has 0 aromatic heterocycles. The van der Waals surface area contributed by atoms with E-state index in [-0.39, 0.29) is 16.5 Å². The van der Waals surface area contributed by atoms with Gasteiger partial charge < -0.3 is 5.32 Å². The molecule has 0 saturated heterocycles. The molecule has 1 heterocycles. The maximum atomic E-state index is 12.3. The van der Waals surface area contributed by atoms with Crippen molar-refractivity contribution in [3.05, 3.63) is 54.1 Å². The van der Waals surface area contributed by atoms with E-state index in [0.717, 1.165) is 5.69 Å². The molecular formula is C17H18N4O3S. The monoisotopic (exact) mass is 358 g/mol. The lowest BCUT2D eigenvalue weighted by atomic mass is 10.1. The molecular weight excluding hydrogens is 340 g/mol. The van der Waals surface area contributed by atoms with Crippen LogP contribution in [-0.2, 0) is 14.8 Å². The third-order valence-electron chi connectivity index (χ3n) is 3.63. The lowest BCUT2D eigenvalue weighted by Gasteiger charge is -2.07. The highest BCUT2D eigenvalue weighted by Gasteiger charge is 2.28. The summed E-state index contributed by atoms with van der Waals surface area (Å²) in [6.45, 7) is 2.24. The van der Waals surface area contributed by atoms with Crippen molar-refractivity contribution in [2.24, 2.45) is 5.10 Å². The van der Waals surface area contributed by atoms with Crippen molar-refractivity contribution in [3.63, 3.8) is 0 Å². The van der Waals surface area contributed by atoms with Gasteiger partial charge in [-0.1, -0.05) is 25.1 Å². The normalized spacial score (nSPS) is 15.1.